The maximum absolute atomic E-state index is 11.9. The molecule has 1 aromatic heterocycles. The second kappa shape index (κ2) is 8.54. The van der Waals surface area contributed by atoms with Gasteiger partial charge in [0, 0.05) is 45.3 Å². The number of ether oxygens (including phenoxy) is 1. The second-order valence-electron chi connectivity index (χ2n) is 7.67. The molecule has 0 unspecified atom stereocenters. The van der Waals surface area contributed by atoms with E-state index in [9.17, 15) is 9.59 Å². The van der Waals surface area contributed by atoms with Crippen molar-refractivity contribution in [1.29, 1.82) is 0 Å². The fourth-order valence-electron chi connectivity index (χ4n) is 2.90. The first-order valence-corrected chi connectivity index (χ1v) is 8.81. The van der Waals surface area contributed by atoms with Crippen molar-refractivity contribution in [3.05, 3.63) is 29.6 Å². The third-order valence-electron chi connectivity index (χ3n) is 3.96. The minimum absolute atomic E-state index is 0.160. The SMILES string of the molecule is CC(=O)Cc1ccnc(CN2CCN(CC(=O)OC(C)(C)C)CC2)c1. The molecule has 1 aliphatic heterocycles. The van der Waals surface area contributed by atoms with Gasteiger partial charge in [0.15, 0.2) is 0 Å². The van der Waals surface area contributed by atoms with Gasteiger partial charge in [-0.05, 0) is 45.4 Å². The first-order valence-electron chi connectivity index (χ1n) is 8.81. The number of hydrogen-bond acceptors (Lipinski definition) is 6. The van der Waals surface area contributed by atoms with Crippen molar-refractivity contribution >= 4 is 11.8 Å². The standard InChI is InChI=1S/C19H29N3O3/c1-15(23)11-16-5-6-20-17(12-16)13-21-7-9-22(10-8-21)14-18(24)25-19(2,3)4/h5-6,12H,7-11,13-14H2,1-4H3. The number of rotatable bonds is 6. The molecular formula is C19H29N3O3. The van der Waals surface area contributed by atoms with Crippen LogP contribution in [0, 0.1) is 0 Å². The highest BCUT2D eigenvalue weighted by Crippen LogP contribution is 2.11. The van der Waals surface area contributed by atoms with Crippen LogP contribution in [0.25, 0.3) is 0 Å². The molecule has 0 N–H and O–H groups in total. The van der Waals surface area contributed by atoms with Crippen LogP contribution in [0.3, 0.4) is 0 Å². The maximum atomic E-state index is 11.9. The zero-order chi connectivity index (χ0) is 18.4. The van der Waals surface area contributed by atoms with E-state index in [-0.39, 0.29) is 11.8 Å². The molecule has 0 aromatic carbocycles. The van der Waals surface area contributed by atoms with E-state index in [1.807, 2.05) is 32.9 Å². The summed E-state index contributed by atoms with van der Waals surface area (Å²) < 4.78 is 5.38. The average molecular weight is 347 g/mol. The van der Waals surface area contributed by atoms with E-state index in [0.717, 1.165) is 44.0 Å². The van der Waals surface area contributed by atoms with Crippen molar-refractivity contribution in [3.8, 4) is 0 Å². The van der Waals surface area contributed by atoms with Crippen LogP contribution in [0.2, 0.25) is 0 Å². The number of ketones is 1. The molecule has 2 heterocycles. The van der Waals surface area contributed by atoms with E-state index in [4.69, 9.17) is 4.74 Å². The van der Waals surface area contributed by atoms with Crippen LogP contribution < -0.4 is 0 Å². The van der Waals surface area contributed by atoms with Gasteiger partial charge < -0.3 is 4.74 Å². The Morgan fingerprint density at radius 2 is 1.80 bits per heavy atom. The molecule has 0 spiro atoms. The molecule has 1 fully saturated rings. The van der Waals surface area contributed by atoms with Gasteiger partial charge in [0.05, 0.1) is 12.2 Å². The van der Waals surface area contributed by atoms with Gasteiger partial charge in [-0.2, -0.15) is 0 Å². The Morgan fingerprint density at radius 3 is 2.40 bits per heavy atom. The lowest BCUT2D eigenvalue weighted by Gasteiger charge is -2.34. The molecule has 2 rings (SSSR count). The summed E-state index contributed by atoms with van der Waals surface area (Å²) in [6.45, 7) is 11.8. The Balaban J connectivity index is 1.79. The van der Waals surface area contributed by atoms with Gasteiger partial charge in [-0.3, -0.25) is 24.4 Å². The first-order chi connectivity index (χ1) is 11.7. The van der Waals surface area contributed by atoms with Crippen molar-refractivity contribution < 1.29 is 14.3 Å². The maximum Gasteiger partial charge on any atom is 0.320 e. The average Bonchev–Trinajstić information content (AvgIpc) is 2.47. The molecule has 0 aliphatic carbocycles. The Kier molecular flexibility index (Phi) is 6.67. The third-order valence-corrected chi connectivity index (χ3v) is 3.96. The van der Waals surface area contributed by atoms with E-state index in [0.29, 0.717) is 13.0 Å². The lowest BCUT2D eigenvalue weighted by molar-refractivity contribution is -0.156. The number of aromatic nitrogens is 1. The summed E-state index contributed by atoms with van der Waals surface area (Å²) in [6.07, 6.45) is 2.23. The molecule has 138 valence electrons. The highest BCUT2D eigenvalue weighted by molar-refractivity contribution is 5.78. The largest absolute Gasteiger partial charge is 0.459 e. The van der Waals surface area contributed by atoms with Gasteiger partial charge in [-0.15, -0.1) is 0 Å². The smallest absolute Gasteiger partial charge is 0.320 e. The van der Waals surface area contributed by atoms with Gasteiger partial charge in [0.1, 0.15) is 11.4 Å². The molecule has 0 bridgehead atoms. The number of nitrogens with zero attached hydrogens (tertiary/aromatic N) is 3. The Labute approximate surface area is 150 Å². The molecule has 25 heavy (non-hydrogen) atoms. The molecule has 0 atom stereocenters. The highest BCUT2D eigenvalue weighted by Gasteiger charge is 2.22. The second-order valence-corrected chi connectivity index (χ2v) is 7.67. The molecule has 0 saturated carbocycles. The molecule has 6 nitrogen and oxygen atoms in total. The third kappa shape index (κ3) is 7.32. The number of carbonyl (C=O) groups excluding carboxylic acids is 2. The van der Waals surface area contributed by atoms with Crippen LogP contribution in [-0.2, 0) is 27.3 Å². The summed E-state index contributed by atoms with van der Waals surface area (Å²) in [7, 11) is 0. The molecular weight excluding hydrogens is 318 g/mol. The van der Waals surface area contributed by atoms with Gasteiger partial charge in [0.2, 0.25) is 0 Å². The van der Waals surface area contributed by atoms with E-state index in [1.165, 1.54) is 0 Å². The number of esters is 1. The predicted octanol–water partition coefficient (Wildman–Crippen LogP) is 1.67. The quantitative estimate of drug-likeness (QED) is 0.730. The van der Waals surface area contributed by atoms with E-state index < -0.39 is 5.60 Å². The lowest BCUT2D eigenvalue weighted by atomic mass is 10.1. The minimum Gasteiger partial charge on any atom is -0.459 e. The summed E-state index contributed by atoms with van der Waals surface area (Å²) in [5.41, 5.74) is 1.57. The van der Waals surface area contributed by atoms with Crippen LogP contribution in [0.4, 0.5) is 0 Å². The van der Waals surface area contributed by atoms with Crippen LogP contribution >= 0.6 is 0 Å². The number of hydrogen-bond donors (Lipinski definition) is 0. The predicted molar refractivity (Wildman–Crippen MR) is 96.2 cm³/mol. The Hall–Kier alpha value is -1.79. The van der Waals surface area contributed by atoms with Crippen LogP contribution in [0.5, 0.6) is 0 Å². The molecule has 1 aliphatic rings. The van der Waals surface area contributed by atoms with Crippen molar-refractivity contribution in [2.45, 2.75) is 46.3 Å². The Morgan fingerprint density at radius 1 is 1.16 bits per heavy atom. The zero-order valence-corrected chi connectivity index (χ0v) is 15.7. The normalized spacial score (nSPS) is 16.6. The minimum atomic E-state index is -0.435. The summed E-state index contributed by atoms with van der Waals surface area (Å²) in [6, 6.07) is 3.90. The van der Waals surface area contributed by atoms with Crippen molar-refractivity contribution in [3.63, 3.8) is 0 Å². The summed E-state index contributed by atoms with van der Waals surface area (Å²) in [5, 5.41) is 0. The van der Waals surface area contributed by atoms with Gasteiger partial charge in [-0.1, -0.05) is 0 Å². The fraction of sp³-hybridized carbons (Fsp3) is 0.632. The number of pyridine rings is 1. The van der Waals surface area contributed by atoms with E-state index in [2.05, 4.69) is 14.8 Å². The first kappa shape index (κ1) is 19.5. The van der Waals surface area contributed by atoms with Gasteiger partial charge in [-0.25, -0.2) is 0 Å². The molecule has 1 saturated heterocycles. The molecule has 0 radical (unpaired) electrons. The number of Topliss-reactive ketones (excluding diaryl/α,β-unsaturated/α-hetero) is 1. The highest BCUT2D eigenvalue weighted by atomic mass is 16.6. The van der Waals surface area contributed by atoms with Crippen LogP contribution in [-0.4, -0.2) is 64.9 Å². The zero-order valence-electron chi connectivity index (χ0n) is 15.7. The number of piperazine rings is 1. The van der Waals surface area contributed by atoms with E-state index >= 15 is 0 Å². The monoisotopic (exact) mass is 347 g/mol. The van der Waals surface area contributed by atoms with Crippen molar-refractivity contribution in [2.75, 3.05) is 32.7 Å². The topological polar surface area (TPSA) is 62.7 Å². The molecule has 6 heteroatoms. The lowest BCUT2D eigenvalue weighted by Crippen LogP contribution is -2.48. The fourth-order valence-corrected chi connectivity index (χ4v) is 2.90. The molecule has 0 amide bonds. The summed E-state index contributed by atoms with van der Waals surface area (Å²) in [5.74, 6) is -0.00698. The van der Waals surface area contributed by atoms with Crippen molar-refractivity contribution in [2.24, 2.45) is 0 Å². The van der Waals surface area contributed by atoms with Crippen LogP contribution in [0.1, 0.15) is 39.0 Å². The van der Waals surface area contributed by atoms with E-state index in [1.54, 1.807) is 13.1 Å². The van der Waals surface area contributed by atoms with Crippen molar-refractivity contribution in [1.82, 2.24) is 14.8 Å². The summed E-state index contributed by atoms with van der Waals surface area (Å²) in [4.78, 5) is 32.0. The number of carbonyl (C=O) groups is 2. The van der Waals surface area contributed by atoms with Gasteiger partial charge in [0.25, 0.3) is 0 Å². The summed E-state index contributed by atoms with van der Waals surface area (Å²) >= 11 is 0. The van der Waals surface area contributed by atoms with Gasteiger partial charge >= 0.3 is 5.97 Å². The Bertz CT molecular complexity index is 602. The van der Waals surface area contributed by atoms with Crippen LogP contribution in [0.15, 0.2) is 18.3 Å². The molecule has 1 aromatic rings.